The van der Waals surface area contributed by atoms with Crippen LogP contribution in [0.1, 0.15) is 0 Å². The molecule has 2 aromatic heterocycles. The smallest absolute Gasteiger partial charge is 0.175 e. The Labute approximate surface area is 149 Å². The van der Waals surface area contributed by atoms with Crippen molar-refractivity contribution in [3.63, 3.8) is 0 Å². The zero-order valence-corrected chi connectivity index (χ0v) is 14.7. The average molecular weight is 365 g/mol. The van der Waals surface area contributed by atoms with Gasteiger partial charge in [-0.2, -0.15) is 0 Å². The molecule has 0 bridgehead atoms. The molecular weight excluding hydrogens is 350 g/mol. The summed E-state index contributed by atoms with van der Waals surface area (Å²) < 4.78 is 23.6. The normalized spacial score (nSPS) is 11.7. The van der Waals surface area contributed by atoms with Gasteiger partial charge in [0.15, 0.2) is 21.5 Å². The lowest BCUT2D eigenvalue weighted by Crippen LogP contribution is -2.01. The Bertz CT molecular complexity index is 1200. The zero-order chi connectivity index (χ0) is 18.3. The first kappa shape index (κ1) is 16.2. The number of rotatable bonds is 3. The number of sulfone groups is 1. The first-order valence-corrected chi connectivity index (χ1v) is 9.69. The molecule has 7 nitrogen and oxygen atoms in total. The van der Waals surface area contributed by atoms with E-state index in [1.807, 2.05) is 24.3 Å². The van der Waals surface area contributed by atoms with E-state index in [9.17, 15) is 8.42 Å². The molecule has 0 spiro atoms. The van der Waals surface area contributed by atoms with E-state index in [0.717, 1.165) is 11.0 Å². The number of benzene rings is 2. The maximum atomic E-state index is 11.8. The van der Waals surface area contributed by atoms with Crippen molar-refractivity contribution in [1.82, 2.24) is 19.9 Å². The van der Waals surface area contributed by atoms with E-state index in [4.69, 9.17) is 5.73 Å². The number of para-hydroxylation sites is 2. The minimum atomic E-state index is -3.31. The predicted octanol–water partition coefficient (Wildman–Crippen LogP) is 2.67. The molecule has 4 aromatic rings. The van der Waals surface area contributed by atoms with E-state index in [1.54, 1.807) is 24.3 Å². The van der Waals surface area contributed by atoms with Crippen molar-refractivity contribution in [3.05, 3.63) is 54.7 Å². The number of nitrogens with two attached hydrogens (primary N) is 1. The lowest BCUT2D eigenvalue weighted by molar-refractivity contribution is 0.602. The molecule has 8 heteroatoms. The average Bonchev–Trinajstić information content (AvgIpc) is 3.05. The molecule has 0 atom stereocenters. The zero-order valence-electron chi connectivity index (χ0n) is 13.8. The number of imidazole rings is 1. The van der Waals surface area contributed by atoms with Gasteiger partial charge in [0.05, 0.1) is 27.8 Å². The van der Waals surface area contributed by atoms with Crippen molar-refractivity contribution < 1.29 is 8.42 Å². The first-order valence-electron chi connectivity index (χ1n) is 7.80. The van der Waals surface area contributed by atoms with Crippen LogP contribution in [0.5, 0.6) is 0 Å². The second-order valence-electron chi connectivity index (χ2n) is 5.89. The Hall–Kier alpha value is -3.26. The van der Waals surface area contributed by atoms with Crippen LogP contribution in [-0.4, -0.2) is 34.6 Å². The largest absolute Gasteiger partial charge is 0.382 e. The fraction of sp³-hybridized carbons (Fsp3) is 0.0556. The fourth-order valence-corrected chi connectivity index (χ4v) is 3.33. The summed E-state index contributed by atoms with van der Waals surface area (Å²) >= 11 is 0. The quantitative estimate of drug-likeness (QED) is 0.577. The van der Waals surface area contributed by atoms with Crippen molar-refractivity contribution in [3.8, 4) is 22.8 Å². The Morgan fingerprint density at radius 2 is 1.85 bits per heavy atom. The number of aromatic amines is 1. The van der Waals surface area contributed by atoms with Gasteiger partial charge in [0.25, 0.3) is 0 Å². The molecule has 26 heavy (non-hydrogen) atoms. The second kappa shape index (κ2) is 5.92. The summed E-state index contributed by atoms with van der Waals surface area (Å²) in [6.07, 6.45) is 2.68. The fourth-order valence-electron chi connectivity index (χ4n) is 2.66. The highest BCUT2D eigenvalue weighted by Crippen LogP contribution is 2.27. The molecule has 0 amide bonds. The minimum absolute atomic E-state index is 0.221. The van der Waals surface area contributed by atoms with Crippen LogP contribution >= 0.6 is 0 Å². The SMILES string of the molecule is CS(=O)(=O)c1cccc(-c2cnc(N)c(-c3nc4ccccc4[nH]3)n2)c1. The highest BCUT2D eigenvalue weighted by Gasteiger charge is 2.14. The Balaban J connectivity index is 1.84. The van der Waals surface area contributed by atoms with Crippen LogP contribution in [-0.2, 0) is 9.84 Å². The number of hydrogen-bond acceptors (Lipinski definition) is 6. The standard InChI is InChI=1S/C18H15N5O2S/c1-26(24,25)12-6-4-5-11(9-12)15-10-20-17(19)16(21-15)18-22-13-7-2-3-8-14(13)23-18/h2-10H,1H3,(H2,19,20)(H,22,23). The number of aromatic nitrogens is 4. The molecule has 2 heterocycles. The molecule has 3 N–H and O–H groups in total. The number of nitrogens with zero attached hydrogens (tertiary/aromatic N) is 3. The third-order valence-electron chi connectivity index (χ3n) is 3.97. The van der Waals surface area contributed by atoms with Crippen molar-refractivity contribution in [2.24, 2.45) is 0 Å². The molecule has 0 unspecified atom stereocenters. The summed E-state index contributed by atoms with van der Waals surface area (Å²) in [5.41, 5.74) is 9.23. The van der Waals surface area contributed by atoms with Gasteiger partial charge in [0, 0.05) is 11.8 Å². The van der Waals surface area contributed by atoms with E-state index in [2.05, 4.69) is 19.9 Å². The number of nitrogens with one attached hydrogen (secondary N) is 1. The van der Waals surface area contributed by atoms with Crippen molar-refractivity contribution in [2.45, 2.75) is 4.90 Å². The molecule has 0 saturated carbocycles. The van der Waals surface area contributed by atoms with Crippen LogP contribution in [0.15, 0.2) is 59.6 Å². The lowest BCUT2D eigenvalue weighted by Gasteiger charge is -2.06. The summed E-state index contributed by atoms with van der Waals surface area (Å²) in [5, 5.41) is 0. The van der Waals surface area contributed by atoms with Gasteiger partial charge >= 0.3 is 0 Å². The van der Waals surface area contributed by atoms with Gasteiger partial charge in [-0.15, -0.1) is 0 Å². The van der Waals surface area contributed by atoms with Crippen molar-refractivity contribution >= 4 is 26.7 Å². The van der Waals surface area contributed by atoms with Crippen LogP contribution in [0, 0.1) is 0 Å². The van der Waals surface area contributed by atoms with Crippen LogP contribution in [0.4, 0.5) is 5.82 Å². The van der Waals surface area contributed by atoms with E-state index < -0.39 is 9.84 Å². The molecule has 0 aliphatic carbocycles. The Morgan fingerprint density at radius 1 is 1.04 bits per heavy atom. The van der Waals surface area contributed by atoms with Crippen LogP contribution < -0.4 is 5.73 Å². The summed E-state index contributed by atoms with van der Waals surface area (Å²) in [6.45, 7) is 0. The summed E-state index contributed by atoms with van der Waals surface area (Å²) in [6, 6.07) is 14.2. The van der Waals surface area contributed by atoms with Crippen LogP contribution in [0.3, 0.4) is 0 Å². The van der Waals surface area contributed by atoms with E-state index in [-0.39, 0.29) is 10.7 Å². The van der Waals surface area contributed by atoms with E-state index >= 15 is 0 Å². The lowest BCUT2D eigenvalue weighted by atomic mass is 10.1. The minimum Gasteiger partial charge on any atom is -0.382 e. The number of hydrogen-bond donors (Lipinski definition) is 2. The third-order valence-corrected chi connectivity index (χ3v) is 5.08. The van der Waals surface area contributed by atoms with E-state index in [1.165, 1.54) is 12.5 Å². The first-order chi connectivity index (χ1) is 12.4. The Kier molecular flexibility index (Phi) is 3.69. The number of nitrogen functional groups attached to an aromatic ring is 1. The van der Waals surface area contributed by atoms with Gasteiger partial charge < -0.3 is 10.7 Å². The van der Waals surface area contributed by atoms with Crippen molar-refractivity contribution in [1.29, 1.82) is 0 Å². The molecule has 0 radical (unpaired) electrons. The second-order valence-corrected chi connectivity index (χ2v) is 7.91. The highest BCUT2D eigenvalue weighted by atomic mass is 32.2. The summed E-state index contributed by atoms with van der Waals surface area (Å²) in [4.78, 5) is 16.7. The van der Waals surface area contributed by atoms with Gasteiger partial charge in [-0.3, -0.25) is 0 Å². The number of fused-ring (bicyclic) bond motifs is 1. The number of anilines is 1. The Morgan fingerprint density at radius 3 is 2.62 bits per heavy atom. The third kappa shape index (κ3) is 2.91. The monoisotopic (exact) mass is 365 g/mol. The molecule has 2 aromatic carbocycles. The van der Waals surface area contributed by atoms with Gasteiger partial charge in [-0.1, -0.05) is 24.3 Å². The molecular formula is C18H15N5O2S. The molecule has 0 aliphatic heterocycles. The molecule has 130 valence electrons. The van der Waals surface area contributed by atoms with Crippen LogP contribution in [0.25, 0.3) is 33.8 Å². The van der Waals surface area contributed by atoms with Crippen LogP contribution in [0.2, 0.25) is 0 Å². The predicted molar refractivity (Wildman–Crippen MR) is 100 cm³/mol. The maximum Gasteiger partial charge on any atom is 0.175 e. The summed E-state index contributed by atoms with van der Waals surface area (Å²) in [5.74, 6) is 0.754. The summed E-state index contributed by atoms with van der Waals surface area (Å²) in [7, 11) is -3.31. The molecule has 0 aliphatic rings. The maximum absolute atomic E-state index is 11.8. The topological polar surface area (TPSA) is 115 Å². The number of H-pyrrole nitrogens is 1. The highest BCUT2D eigenvalue weighted by molar-refractivity contribution is 7.90. The van der Waals surface area contributed by atoms with Gasteiger partial charge in [0.2, 0.25) is 0 Å². The molecule has 0 saturated heterocycles. The molecule has 0 fully saturated rings. The molecule has 4 rings (SSSR count). The van der Waals surface area contributed by atoms with Gasteiger partial charge in [0.1, 0.15) is 5.69 Å². The van der Waals surface area contributed by atoms with E-state index in [0.29, 0.717) is 22.8 Å². The van der Waals surface area contributed by atoms with Crippen molar-refractivity contribution in [2.75, 3.05) is 12.0 Å². The van der Waals surface area contributed by atoms with Gasteiger partial charge in [-0.25, -0.2) is 23.4 Å². The van der Waals surface area contributed by atoms with Gasteiger partial charge in [-0.05, 0) is 24.3 Å².